The molecule has 5 rings (SSSR count). The van der Waals surface area contributed by atoms with Crippen molar-refractivity contribution in [2.45, 2.75) is 25.7 Å². The van der Waals surface area contributed by atoms with E-state index in [2.05, 4.69) is 15.0 Å². The maximum absolute atomic E-state index is 13.2. The van der Waals surface area contributed by atoms with E-state index in [1.807, 2.05) is 0 Å². The average Bonchev–Trinajstić information content (AvgIpc) is 3.73. The molecule has 2 aromatic heterocycles. The van der Waals surface area contributed by atoms with Gasteiger partial charge in [0.15, 0.2) is 22.8 Å². The van der Waals surface area contributed by atoms with Gasteiger partial charge in [0.1, 0.15) is 23.4 Å². The van der Waals surface area contributed by atoms with Gasteiger partial charge in [-0.15, -0.1) is 0 Å². The van der Waals surface area contributed by atoms with Crippen LogP contribution < -0.4 is 14.2 Å². The highest BCUT2D eigenvalue weighted by Crippen LogP contribution is 2.49. The van der Waals surface area contributed by atoms with Crippen LogP contribution in [0.15, 0.2) is 54.9 Å². The molecule has 0 atom stereocenters. The van der Waals surface area contributed by atoms with Crippen molar-refractivity contribution in [2.24, 2.45) is 5.41 Å². The maximum Gasteiger partial charge on any atom is 0.257 e. The van der Waals surface area contributed by atoms with E-state index in [0.29, 0.717) is 46.5 Å². The summed E-state index contributed by atoms with van der Waals surface area (Å²) in [6.07, 6.45) is 2.52. The summed E-state index contributed by atoms with van der Waals surface area (Å²) in [6.45, 7) is 0. The van der Waals surface area contributed by atoms with Gasteiger partial charge in [-0.05, 0) is 48.2 Å². The highest BCUT2D eigenvalue weighted by Gasteiger charge is 2.54. The fourth-order valence-electron chi connectivity index (χ4n) is 4.29. The largest absolute Gasteiger partial charge is 0.491 e. The lowest BCUT2D eigenvalue weighted by Gasteiger charge is -2.14. The van der Waals surface area contributed by atoms with E-state index >= 15 is 0 Å². The Morgan fingerprint density at radius 3 is 2.21 bits per heavy atom. The molecule has 0 spiro atoms. The SMILES string of the molecule is COc1cc2ncnc(Oc3ccc(CC(=O)C4(C(=O)Cc5ccc(F)cc5)CC4)cc3Cl)c2nc1OC. The van der Waals surface area contributed by atoms with Crippen molar-refractivity contribution in [2.75, 3.05) is 14.2 Å². The number of fused-ring (bicyclic) bond motifs is 1. The van der Waals surface area contributed by atoms with E-state index in [0.717, 1.165) is 0 Å². The number of carbonyl (C=O) groups excluding carboxylic acids is 2. The van der Waals surface area contributed by atoms with Crippen LogP contribution in [-0.4, -0.2) is 40.7 Å². The maximum atomic E-state index is 13.2. The first-order valence-corrected chi connectivity index (χ1v) is 12.2. The Labute approximate surface area is 222 Å². The number of benzene rings is 2. The third kappa shape index (κ3) is 5.02. The Morgan fingerprint density at radius 2 is 1.58 bits per heavy atom. The summed E-state index contributed by atoms with van der Waals surface area (Å²) in [5, 5.41) is 0.269. The van der Waals surface area contributed by atoms with Crippen LogP contribution in [-0.2, 0) is 22.4 Å². The zero-order chi connectivity index (χ0) is 26.9. The van der Waals surface area contributed by atoms with Crippen molar-refractivity contribution in [3.8, 4) is 23.3 Å². The van der Waals surface area contributed by atoms with E-state index in [9.17, 15) is 14.0 Å². The highest BCUT2D eigenvalue weighted by molar-refractivity contribution is 6.32. The second-order valence-electron chi connectivity index (χ2n) is 9.02. The van der Waals surface area contributed by atoms with Crippen LogP contribution in [0.3, 0.4) is 0 Å². The number of Topliss-reactive ketones (excluding diaryl/α,β-unsaturated/α-hetero) is 2. The third-order valence-corrected chi connectivity index (χ3v) is 6.88. The van der Waals surface area contributed by atoms with E-state index in [4.69, 9.17) is 25.8 Å². The Morgan fingerprint density at radius 1 is 0.895 bits per heavy atom. The van der Waals surface area contributed by atoms with Crippen LogP contribution in [0.2, 0.25) is 5.02 Å². The predicted molar refractivity (Wildman–Crippen MR) is 137 cm³/mol. The van der Waals surface area contributed by atoms with Crippen LogP contribution in [0.1, 0.15) is 24.0 Å². The van der Waals surface area contributed by atoms with Crippen LogP contribution in [0.4, 0.5) is 4.39 Å². The Bertz CT molecular complexity index is 1540. The number of hydrogen-bond donors (Lipinski definition) is 0. The smallest absolute Gasteiger partial charge is 0.257 e. The van der Waals surface area contributed by atoms with Crippen LogP contribution in [0, 0.1) is 11.2 Å². The van der Waals surface area contributed by atoms with Gasteiger partial charge in [-0.25, -0.2) is 14.4 Å². The molecule has 0 amide bonds. The fraction of sp³-hybridized carbons (Fsp3) is 0.250. The van der Waals surface area contributed by atoms with Crippen molar-refractivity contribution in [3.63, 3.8) is 0 Å². The Balaban J connectivity index is 1.31. The molecule has 2 aromatic carbocycles. The van der Waals surface area contributed by atoms with Gasteiger partial charge in [-0.1, -0.05) is 29.8 Å². The minimum absolute atomic E-state index is 0.0597. The third-order valence-electron chi connectivity index (χ3n) is 6.59. The van der Waals surface area contributed by atoms with E-state index in [-0.39, 0.29) is 47.0 Å². The zero-order valence-electron chi connectivity index (χ0n) is 20.7. The monoisotopic (exact) mass is 535 g/mol. The first kappa shape index (κ1) is 25.5. The first-order valence-electron chi connectivity index (χ1n) is 11.8. The second-order valence-corrected chi connectivity index (χ2v) is 9.43. The van der Waals surface area contributed by atoms with Crippen molar-refractivity contribution < 1.29 is 28.2 Å². The van der Waals surface area contributed by atoms with E-state index in [1.165, 1.54) is 32.7 Å². The van der Waals surface area contributed by atoms with Gasteiger partial charge < -0.3 is 14.2 Å². The second kappa shape index (κ2) is 10.3. The van der Waals surface area contributed by atoms with Gasteiger partial charge in [0, 0.05) is 18.9 Å². The summed E-state index contributed by atoms with van der Waals surface area (Å²) in [5.74, 6) is 0.491. The van der Waals surface area contributed by atoms with Gasteiger partial charge in [0.2, 0.25) is 5.88 Å². The Kier molecular flexibility index (Phi) is 6.94. The molecule has 0 bridgehead atoms. The van der Waals surface area contributed by atoms with Gasteiger partial charge in [0.05, 0.1) is 24.7 Å². The molecule has 8 nitrogen and oxygen atoms in total. The number of aromatic nitrogens is 3. The van der Waals surface area contributed by atoms with Crippen molar-refractivity contribution >= 4 is 34.2 Å². The normalized spacial score (nSPS) is 13.7. The summed E-state index contributed by atoms with van der Waals surface area (Å²) in [6, 6.07) is 12.4. The average molecular weight is 536 g/mol. The minimum atomic E-state index is -0.984. The van der Waals surface area contributed by atoms with Crippen LogP contribution in [0.25, 0.3) is 11.0 Å². The molecule has 1 aliphatic carbocycles. The molecule has 194 valence electrons. The number of ether oxygens (including phenoxy) is 3. The van der Waals surface area contributed by atoms with Gasteiger partial charge in [-0.3, -0.25) is 9.59 Å². The highest BCUT2D eigenvalue weighted by atomic mass is 35.5. The zero-order valence-corrected chi connectivity index (χ0v) is 21.4. The molecular weight excluding hydrogens is 513 g/mol. The lowest BCUT2D eigenvalue weighted by molar-refractivity contribution is -0.133. The van der Waals surface area contributed by atoms with E-state index in [1.54, 1.807) is 36.4 Å². The number of halogens is 2. The van der Waals surface area contributed by atoms with Crippen LogP contribution >= 0.6 is 11.6 Å². The molecule has 1 aliphatic rings. The molecule has 38 heavy (non-hydrogen) atoms. The van der Waals surface area contributed by atoms with Crippen molar-refractivity contribution in [3.05, 3.63) is 76.8 Å². The number of nitrogens with zero attached hydrogens (tertiary/aromatic N) is 3. The van der Waals surface area contributed by atoms with Crippen LogP contribution in [0.5, 0.6) is 23.3 Å². The molecule has 0 unspecified atom stereocenters. The standard InChI is InChI=1S/C28H23ClFN3O5/c1-36-22-14-20-25(33-26(22)37-2)27(32-15-31-20)38-21-8-5-17(11-19(21)29)13-24(35)28(9-10-28)23(34)12-16-3-6-18(30)7-4-16/h3-8,11,14-15H,9-10,12-13H2,1-2H3. The first-order chi connectivity index (χ1) is 18.3. The summed E-state index contributed by atoms with van der Waals surface area (Å²) >= 11 is 6.49. The molecular formula is C28H23ClFN3O5. The molecule has 0 radical (unpaired) electrons. The topological polar surface area (TPSA) is 101 Å². The number of methoxy groups -OCH3 is 2. The van der Waals surface area contributed by atoms with E-state index < -0.39 is 5.41 Å². The van der Waals surface area contributed by atoms with Crippen molar-refractivity contribution in [1.29, 1.82) is 0 Å². The quantitative estimate of drug-likeness (QED) is 0.251. The number of ketones is 2. The molecule has 2 heterocycles. The summed E-state index contributed by atoms with van der Waals surface area (Å²) in [7, 11) is 2.97. The Hall–Kier alpha value is -4.11. The lowest BCUT2D eigenvalue weighted by Crippen LogP contribution is -2.28. The predicted octanol–water partition coefficient (Wildman–Crippen LogP) is 5.33. The number of rotatable bonds is 10. The fourth-order valence-corrected chi connectivity index (χ4v) is 4.53. The molecule has 1 saturated carbocycles. The number of carbonyl (C=O) groups is 2. The lowest BCUT2D eigenvalue weighted by atomic mass is 9.88. The van der Waals surface area contributed by atoms with Gasteiger partial charge in [-0.2, -0.15) is 4.98 Å². The molecule has 0 saturated heterocycles. The summed E-state index contributed by atoms with van der Waals surface area (Å²) in [5.41, 5.74) is 1.21. The molecule has 1 fully saturated rings. The van der Waals surface area contributed by atoms with Crippen molar-refractivity contribution in [1.82, 2.24) is 15.0 Å². The van der Waals surface area contributed by atoms with Gasteiger partial charge >= 0.3 is 0 Å². The number of pyridine rings is 1. The molecule has 4 aromatic rings. The number of hydrogen-bond acceptors (Lipinski definition) is 8. The minimum Gasteiger partial charge on any atom is -0.491 e. The molecule has 10 heteroatoms. The van der Waals surface area contributed by atoms with Gasteiger partial charge in [0.25, 0.3) is 5.88 Å². The summed E-state index contributed by atoms with van der Waals surface area (Å²) < 4.78 is 29.7. The molecule has 0 N–H and O–H groups in total. The molecule has 0 aliphatic heterocycles. The summed E-state index contributed by atoms with van der Waals surface area (Å²) in [4.78, 5) is 38.8.